The van der Waals surface area contributed by atoms with E-state index in [1.165, 1.54) is 17.0 Å². The third-order valence-electron chi connectivity index (χ3n) is 4.03. The Morgan fingerprint density at radius 1 is 1.58 bits per heavy atom. The molecule has 2 atom stereocenters. The summed E-state index contributed by atoms with van der Waals surface area (Å²) in [7, 11) is 0. The number of nitro groups is 1. The van der Waals surface area contributed by atoms with E-state index in [9.17, 15) is 15.3 Å². The molecule has 0 aliphatic carbocycles. The fourth-order valence-corrected chi connectivity index (χ4v) is 2.34. The van der Waals surface area contributed by atoms with E-state index in [4.69, 9.17) is 16.2 Å². The zero-order chi connectivity index (χ0) is 18.2. The lowest BCUT2D eigenvalue weighted by atomic mass is 9.90. The molecule has 26 heavy (non-hydrogen) atoms. The number of oxime groups is 1. The van der Waals surface area contributed by atoms with Crippen LogP contribution in [0.2, 0.25) is 0 Å². The van der Waals surface area contributed by atoms with Crippen LogP contribution in [0.25, 0.3) is 0 Å². The van der Waals surface area contributed by atoms with Crippen LogP contribution in [0.4, 0.5) is 5.95 Å². The lowest BCUT2D eigenvalue weighted by molar-refractivity contribution is -0.396. The van der Waals surface area contributed by atoms with Gasteiger partial charge in [-0.15, -0.1) is 24.8 Å². The molecule has 0 aliphatic heterocycles. The molecule has 12 heteroatoms. The van der Waals surface area contributed by atoms with Crippen LogP contribution in [-0.2, 0) is 11.3 Å². The zero-order valence-corrected chi connectivity index (χ0v) is 16.5. The highest BCUT2D eigenvalue weighted by molar-refractivity contribution is 5.87. The van der Waals surface area contributed by atoms with Crippen LogP contribution in [0.3, 0.4) is 0 Å². The van der Waals surface area contributed by atoms with Crippen molar-refractivity contribution in [3.8, 4) is 0 Å². The van der Waals surface area contributed by atoms with E-state index < -0.39 is 16.6 Å². The number of nitrogens with two attached hydrogens (primary N) is 2. The third kappa shape index (κ3) is 7.04. The minimum atomic E-state index is -1.22. The third-order valence-corrected chi connectivity index (χ3v) is 4.03. The van der Waals surface area contributed by atoms with Crippen molar-refractivity contribution in [2.45, 2.75) is 45.4 Å². The molecule has 0 spiro atoms. The fraction of sp³-hybridized carbons (Fsp3) is 0.714. The monoisotopic (exact) mass is 414 g/mol. The summed E-state index contributed by atoms with van der Waals surface area (Å²) < 4.78 is 7.06. The predicted octanol–water partition coefficient (Wildman–Crippen LogP) is 1.92. The number of halogens is 2. The van der Waals surface area contributed by atoms with Gasteiger partial charge in [0.15, 0.2) is 0 Å². The summed E-state index contributed by atoms with van der Waals surface area (Å²) in [5.41, 5.74) is 11.3. The summed E-state index contributed by atoms with van der Waals surface area (Å²) in [4.78, 5) is 13.9. The number of ether oxygens (including phenoxy) is 1. The molecule has 0 saturated heterocycles. The molecular formula is C14H28Cl2N6O4. The fourth-order valence-electron chi connectivity index (χ4n) is 2.34. The second-order valence-corrected chi connectivity index (χ2v) is 5.60. The Balaban J connectivity index is 0. The van der Waals surface area contributed by atoms with E-state index in [1.54, 1.807) is 6.92 Å². The number of aromatic nitrogens is 2. The first kappa shape index (κ1) is 26.8. The number of hydrogen-bond donors (Lipinski definition) is 3. The standard InChI is InChI=1S/C14H26N6O4.2ClH/c1-3-4-5-12(18-21)11(2)14(16,10-15)24-9-8-19-7-6-17-13(19)20(22)23;;/h6-7,11,21H,3-5,8-10,15-16H2,1-2H3;2*1H. The Labute approximate surface area is 164 Å². The maximum atomic E-state index is 10.8. The number of imidazole rings is 1. The smallest absolute Gasteiger partial charge is 0.411 e. The first-order valence-corrected chi connectivity index (χ1v) is 7.88. The first-order valence-electron chi connectivity index (χ1n) is 7.88. The Hall–Kier alpha value is -1.46. The van der Waals surface area contributed by atoms with Gasteiger partial charge in [0.1, 0.15) is 18.1 Å². The minimum Gasteiger partial charge on any atom is -0.411 e. The summed E-state index contributed by atoms with van der Waals surface area (Å²) in [5, 5.41) is 23.4. The van der Waals surface area contributed by atoms with Crippen molar-refractivity contribution < 1.29 is 14.9 Å². The minimum absolute atomic E-state index is 0. The van der Waals surface area contributed by atoms with Crippen molar-refractivity contribution in [3.05, 3.63) is 22.5 Å². The van der Waals surface area contributed by atoms with Crippen molar-refractivity contribution in [1.82, 2.24) is 9.55 Å². The highest BCUT2D eigenvalue weighted by atomic mass is 35.5. The van der Waals surface area contributed by atoms with E-state index in [1.807, 2.05) is 6.92 Å². The maximum absolute atomic E-state index is 10.8. The molecule has 0 radical (unpaired) electrons. The predicted molar refractivity (Wildman–Crippen MR) is 103 cm³/mol. The normalized spacial score (nSPS) is 14.7. The van der Waals surface area contributed by atoms with E-state index in [2.05, 4.69) is 10.1 Å². The molecule has 5 N–H and O–H groups in total. The van der Waals surface area contributed by atoms with Gasteiger partial charge >= 0.3 is 5.95 Å². The van der Waals surface area contributed by atoms with Crippen LogP contribution < -0.4 is 11.5 Å². The van der Waals surface area contributed by atoms with Gasteiger partial charge in [0.2, 0.25) is 0 Å². The summed E-state index contributed by atoms with van der Waals surface area (Å²) in [6, 6.07) is 0. The molecular weight excluding hydrogens is 387 g/mol. The molecule has 1 aromatic rings. The van der Waals surface area contributed by atoms with Gasteiger partial charge in [-0.05, 0) is 17.8 Å². The molecule has 10 nitrogen and oxygen atoms in total. The Kier molecular flexibility index (Phi) is 13.2. The number of nitrogens with zero attached hydrogens (tertiary/aromatic N) is 4. The second kappa shape index (κ2) is 12.8. The van der Waals surface area contributed by atoms with Crippen LogP contribution in [0, 0.1) is 16.0 Å². The SMILES string of the molecule is CCCCC(=NO)C(C)C(N)(CN)OCCn1ccnc1[N+](=O)[O-].Cl.Cl. The molecule has 0 amide bonds. The molecule has 1 rings (SSSR count). The Bertz CT molecular complexity index is 571. The molecule has 0 fully saturated rings. The lowest BCUT2D eigenvalue weighted by Crippen LogP contribution is -2.57. The molecule has 1 heterocycles. The van der Waals surface area contributed by atoms with Gasteiger partial charge in [-0.3, -0.25) is 0 Å². The highest BCUT2D eigenvalue weighted by Gasteiger charge is 2.35. The van der Waals surface area contributed by atoms with Crippen LogP contribution >= 0.6 is 24.8 Å². The molecule has 1 aromatic heterocycles. The van der Waals surface area contributed by atoms with Crippen LogP contribution in [-0.4, -0.2) is 44.3 Å². The molecule has 0 aliphatic rings. The molecule has 2 unspecified atom stereocenters. The summed E-state index contributed by atoms with van der Waals surface area (Å²) in [5.74, 6) is -0.653. The van der Waals surface area contributed by atoms with E-state index in [-0.39, 0.29) is 50.5 Å². The first-order chi connectivity index (χ1) is 11.4. The van der Waals surface area contributed by atoms with Gasteiger partial charge < -0.3 is 31.5 Å². The topological polar surface area (TPSA) is 155 Å². The quantitative estimate of drug-likeness (QED) is 0.164. The highest BCUT2D eigenvalue weighted by Crippen LogP contribution is 2.20. The number of rotatable bonds is 11. The summed E-state index contributed by atoms with van der Waals surface area (Å²) in [6.07, 6.45) is 5.26. The maximum Gasteiger partial charge on any atom is 0.434 e. The zero-order valence-electron chi connectivity index (χ0n) is 14.9. The van der Waals surface area contributed by atoms with Crippen LogP contribution in [0.5, 0.6) is 0 Å². The van der Waals surface area contributed by atoms with Crippen LogP contribution in [0.15, 0.2) is 17.5 Å². The Morgan fingerprint density at radius 3 is 2.73 bits per heavy atom. The number of hydrogen-bond acceptors (Lipinski definition) is 8. The van der Waals surface area contributed by atoms with Gasteiger partial charge in [0.05, 0.1) is 18.9 Å². The van der Waals surface area contributed by atoms with Crippen molar-refractivity contribution in [3.63, 3.8) is 0 Å². The van der Waals surface area contributed by atoms with E-state index in [0.717, 1.165) is 12.8 Å². The van der Waals surface area contributed by atoms with E-state index in [0.29, 0.717) is 12.1 Å². The van der Waals surface area contributed by atoms with Gasteiger partial charge in [-0.25, -0.2) is 4.57 Å². The molecule has 0 saturated carbocycles. The molecule has 152 valence electrons. The summed E-state index contributed by atoms with van der Waals surface area (Å²) >= 11 is 0. The largest absolute Gasteiger partial charge is 0.434 e. The lowest BCUT2D eigenvalue weighted by Gasteiger charge is -2.34. The van der Waals surface area contributed by atoms with Crippen molar-refractivity contribution in [1.29, 1.82) is 0 Å². The van der Waals surface area contributed by atoms with Gasteiger partial charge in [0, 0.05) is 12.5 Å². The van der Waals surface area contributed by atoms with Gasteiger partial charge in [0.25, 0.3) is 0 Å². The van der Waals surface area contributed by atoms with Crippen molar-refractivity contribution in [2.75, 3.05) is 13.2 Å². The van der Waals surface area contributed by atoms with Gasteiger partial charge in [-0.2, -0.15) is 0 Å². The van der Waals surface area contributed by atoms with Crippen molar-refractivity contribution in [2.24, 2.45) is 22.5 Å². The van der Waals surface area contributed by atoms with Gasteiger partial charge in [-0.1, -0.05) is 30.4 Å². The number of unbranched alkanes of at least 4 members (excludes halogenated alkanes) is 1. The summed E-state index contributed by atoms with van der Waals surface area (Å²) in [6.45, 7) is 4.17. The van der Waals surface area contributed by atoms with Crippen LogP contribution in [0.1, 0.15) is 33.1 Å². The average molecular weight is 415 g/mol. The average Bonchev–Trinajstić information content (AvgIpc) is 3.03. The molecule has 0 bridgehead atoms. The van der Waals surface area contributed by atoms with E-state index >= 15 is 0 Å². The molecule has 0 aromatic carbocycles. The Morgan fingerprint density at radius 2 is 2.23 bits per heavy atom. The second-order valence-electron chi connectivity index (χ2n) is 5.60. The van der Waals surface area contributed by atoms with Crippen molar-refractivity contribution >= 4 is 36.5 Å².